The molecule has 0 aliphatic rings. The average molecular weight is 285 g/mol. The first-order valence-electron chi connectivity index (χ1n) is 7.22. The fraction of sp³-hybridized carbons (Fsp3) is 0.353. The van der Waals surface area contributed by atoms with Crippen LogP contribution in [0.2, 0.25) is 0 Å². The molecule has 1 unspecified atom stereocenters. The molecule has 0 radical (unpaired) electrons. The molecule has 0 amide bonds. The number of aliphatic hydroxyl groups excluding tert-OH is 1. The largest absolute Gasteiger partial charge is 0.388 e. The van der Waals surface area contributed by atoms with Gasteiger partial charge in [-0.25, -0.2) is 0 Å². The summed E-state index contributed by atoms with van der Waals surface area (Å²) in [6, 6.07) is 3.95. The molecule has 0 saturated carbocycles. The number of H-pyrrole nitrogens is 1. The molecule has 112 valence electrons. The Balaban J connectivity index is 2.07. The highest BCUT2D eigenvalue weighted by molar-refractivity contribution is 5.82. The summed E-state index contributed by atoms with van der Waals surface area (Å²) in [4.78, 5) is 2.20. The van der Waals surface area contributed by atoms with Gasteiger partial charge in [-0.3, -0.25) is 10.00 Å². The monoisotopic (exact) mass is 285 g/mol. The number of rotatable bonds is 8. The predicted molar refractivity (Wildman–Crippen MR) is 87.2 cm³/mol. The zero-order valence-electron chi connectivity index (χ0n) is 12.5. The minimum atomic E-state index is -0.471. The molecular weight excluding hydrogens is 262 g/mol. The van der Waals surface area contributed by atoms with Crippen LogP contribution in [0.15, 0.2) is 43.6 Å². The fourth-order valence-corrected chi connectivity index (χ4v) is 2.62. The number of benzene rings is 1. The van der Waals surface area contributed by atoms with Crippen LogP contribution in [-0.4, -0.2) is 39.8 Å². The van der Waals surface area contributed by atoms with Gasteiger partial charge in [-0.2, -0.15) is 5.10 Å². The highest BCUT2D eigenvalue weighted by atomic mass is 16.3. The Kier molecular flexibility index (Phi) is 5.31. The fourth-order valence-electron chi connectivity index (χ4n) is 2.62. The first-order chi connectivity index (χ1) is 10.2. The minimum Gasteiger partial charge on any atom is -0.388 e. The first-order valence-corrected chi connectivity index (χ1v) is 7.22. The summed E-state index contributed by atoms with van der Waals surface area (Å²) in [5.41, 5.74) is 3.07. The number of hydrogen-bond donors (Lipinski definition) is 2. The maximum Gasteiger partial charge on any atom is 0.0805 e. The Labute approximate surface area is 125 Å². The van der Waals surface area contributed by atoms with Gasteiger partial charge < -0.3 is 5.11 Å². The van der Waals surface area contributed by atoms with E-state index in [9.17, 15) is 5.11 Å². The van der Waals surface area contributed by atoms with Crippen molar-refractivity contribution in [3.05, 3.63) is 54.8 Å². The minimum absolute atomic E-state index is 0.471. The smallest absolute Gasteiger partial charge is 0.0805 e. The second-order valence-electron chi connectivity index (χ2n) is 5.25. The normalized spacial score (nSPS) is 12.7. The van der Waals surface area contributed by atoms with Crippen molar-refractivity contribution in [3.63, 3.8) is 0 Å². The van der Waals surface area contributed by atoms with Crippen molar-refractivity contribution in [1.82, 2.24) is 15.1 Å². The summed E-state index contributed by atoms with van der Waals surface area (Å²) < 4.78 is 0. The molecule has 1 atom stereocenters. The first kappa shape index (κ1) is 15.5. The van der Waals surface area contributed by atoms with E-state index in [1.54, 1.807) is 0 Å². The Morgan fingerprint density at radius 3 is 2.71 bits per heavy atom. The molecule has 0 fully saturated rings. The molecule has 21 heavy (non-hydrogen) atoms. The maximum atomic E-state index is 10.5. The number of aromatic amines is 1. The highest BCUT2D eigenvalue weighted by Crippen LogP contribution is 2.26. The SMILES string of the molecule is C=CCN(CC=C)CCC(O)c1ccc2[nH]ncc2c1C. The molecule has 1 heterocycles. The van der Waals surface area contributed by atoms with Crippen LogP contribution >= 0.6 is 0 Å². The second-order valence-corrected chi connectivity index (χ2v) is 5.25. The lowest BCUT2D eigenvalue weighted by molar-refractivity contribution is 0.148. The highest BCUT2D eigenvalue weighted by Gasteiger charge is 2.14. The van der Waals surface area contributed by atoms with Crippen LogP contribution in [0.5, 0.6) is 0 Å². The molecule has 2 rings (SSSR count). The number of aromatic nitrogens is 2. The molecular formula is C17H23N3O. The number of nitrogens with zero attached hydrogens (tertiary/aromatic N) is 2. The zero-order valence-corrected chi connectivity index (χ0v) is 12.5. The molecule has 0 spiro atoms. The predicted octanol–water partition coefficient (Wildman–Crippen LogP) is 2.97. The molecule has 2 aromatic rings. The Morgan fingerprint density at radius 2 is 2.05 bits per heavy atom. The number of nitrogens with one attached hydrogen (secondary N) is 1. The van der Waals surface area contributed by atoms with Gasteiger partial charge in [0.1, 0.15) is 0 Å². The third-order valence-corrected chi connectivity index (χ3v) is 3.79. The number of fused-ring (bicyclic) bond motifs is 1. The lowest BCUT2D eigenvalue weighted by Gasteiger charge is -2.21. The van der Waals surface area contributed by atoms with E-state index in [4.69, 9.17) is 0 Å². The van der Waals surface area contributed by atoms with Gasteiger partial charge in [-0.05, 0) is 30.5 Å². The van der Waals surface area contributed by atoms with Crippen molar-refractivity contribution in [1.29, 1.82) is 0 Å². The van der Waals surface area contributed by atoms with E-state index in [2.05, 4.69) is 28.3 Å². The maximum absolute atomic E-state index is 10.5. The number of aliphatic hydroxyl groups is 1. The van der Waals surface area contributed by atoms with E-state index in [0.717, 1.165) is 41.7 Å². The average Bonchev–Trinajstić information content (AvgIpc) is 2.95. The molecule has 1 aromatic heterocycles. The van der Waals surface area contributed by atoms with Crippen molar-refractivity contribution < 1.29 is 5.11 Å². The van der Waals surface area contributed by atoms with Gasteiger partial charge in [0.25, 0.3) is 0 Å². The van der Waals surface area contributed by atoms with Gasteiger partial charge >= 0.3 is 0 Å². The lowest BCUT2D eigenvalue weighted by atomic mass is 9.98. The number of hydrogen-bond acceptors (Lipinski definition) is 3. The van der Waals surface area contributed by atoms with E-state index >= 15 is 0 Å². The summed E-state index contributed by atoms with van der Waals surface area (Å²) in [5.74, 6) is 0. The van der Waals surface area contributed by atoms with E-state index in [0.29, 0.717) is 6.42 Å². The van der Waals surface area contributed by atoms with Crippen molar-refractivity contribution >= 4 is 10.9 Å². The van der Waals surface area contributed by atoms with Gasteiger partial charge in [-0.15, -0.1) is 13.2 Å². The van der Waals surface area contributed by atoms with Crippen molar-refractivity contribution in [3.8, 4) is 0 Å². The van der Waals surface area contributed by atoms with Crippen molar-refractivity contribution in [2.24, 2.45) is 0 Å². The molecule has 0 bridgehead atoms. The van der Waals surface area contributed by atoms with Gasteiger partial charge in [0.15, 0.2) is 0 Å². The van der Waals surface area contributed by atoms with E-state index in [1.165, 1.54) is 0 Å². The Bertz CT molecular complexity index is 608. The molecule has 1 aromatic carbocycles. The topological polar surface area (TPSA) is 52.1 Å². The molecule has 2 N–H and O–H groups in total. The van der Waals surface area contributed by atoms with Gasteiger partial charge in [0, 0.05) is 25.0 Å². The van der Waals surface area contributed by atoms with Crippen LogP contribution in [0.3, 0.4) is 0 Å². The lowest BCUT2D eigenvalue weighted by Crippen LogP contribution is -2.26. The third kappa shape index (κ3) is 3.60. The van der Waals surface area contributed by atoms with E-state index in [1.807, 2.05) is 37.4 Å². The third-order valence-electron chi connectivity index (χ3n) is 3.79. The molecule has 4 heteroatoms. The van der Waals surface area contributed by atoms with Crippen LogP contribution in [0.25, 0.3) is 10.9 Å². The molecule has 0 saturated heterocycles. The molecule has 0 aliphatic carbocycles. The molecule has 4 nitrogen and oxygen atoms in total. The summed E-state index contributed by atoms with van der Waals surface area (Å²) in [6.07, 6.45) is 5.77. The van der Waals surface area contributed by atoms with Gasteiger partial charge in [-0.1, -0.05) is 18.2 Å². The Morgan fingerprint density at radius 1 is 1.33 bits per heavy atom. The molecule has 0 aliphatic heterocycles. The van der Waals surface area contributed by atoms with Gasteiger partial charge in [0.05, 0.1) is 17.8 Å². The van der Waals surface area contributed by atoms with Crippen LogP contribution in [0.4, 0.5) is 0 Å². The van der Waals surface area contributed by atoms with Crippen molar-refractivity contribution in [2.45, 2.75) is 19.4 Å². The van der Waals surface area contributed by atoms with E-state index in [-0.39, 0.29) is 0 Å². The van der Waals surface area contributed by atoms with E-state index < -0.39 is 6.10 Å². The standard InChI is InChI=1S/C17H23N3O/c1-4-9-20(10-5-2)11-8-17(21)14-6-7-16-15(13(14)3)12-18-19-16/h4-7,12,17,21H,1-2,8-11H2,3H3,(H,18,19). The summed E-state index contributed by atoms with van der Waals surface area (Å²) in [7, 11) is 0. The zero-order chi connectivity index (χ0) is 15.2. The van der Waals surface area contributed by atoms with Crippen LogP contribution in [0, 0.1) is 6.92 Å². The van der Waals surface area contributed by atoms with Crippen molar-refractivity contribution in [2.75, 3.05) is 19.6 Å². The summed E-state index contributed by atoms with van der Waals surface area (Å²) in [5, 5.41) is 18.5. The van der Waals surface area contributed by atoms with Crippen LogP contribution in [-0.2, 0) is 0 Å². The quantitative estimate of drug-likeness (QED) is 0.733. The summed E-state index contributed by atoms with van der Waals surface area (Å²) >= 11 is 0. The van der Waals surface area contributed by atoms with Gasteiger partial charge in [0.2, 0.25) is 0 Å². The second kappa shape index (κ2) is 7.20. The van der Waals surface area contributed by atoms with Crippen LogP contribution in [0.1, 0.15) is 23.7 Å². The summed E-state index contributed by atoms with van der Waals surface area (Å²) in [6.45, 7) is 12.0. The number of aryl methyl sites for hydroxylation is 1. The Hall–Kier alpha value is -1.91. The van der Waals surface area contributed by atoms with Crippen LogP contribution < -0.4 is 0 Å².